The van der Waals surface area contributed by atoms with E-state index >= 15 is 0 Å². The quantitative estimate of drug-likeness (QED) is 0.807. The molecule has 1 heterocycles. The topological polar surface area (TPSA) is 59.8 Å². The lowest BCUT2D eigenvalue weighted by atomic mass is 10.1. The molecular weight excluding hydrogens is 258 g/mol. The van der Waals surface area contributed by atoms with Crippen LogP contribution < -0.4 is 4.90 Å². The molecule has 0 bridgehead atoms. The minimum atomic E-state index is -0.482. The lowest BCUT2D eigenvalue weighted by Gasteiger charge is -2.19. The molecule has 0 unspecified atom stereocenters. The van der Waals surface area contributed by atoms with Crippen LogP contribution in [0.25, 0.3) is 0 Å². The summed E-state index contributed by atoms with van der Waals surface area (Å²) in [7, 11) is 2.91. The monoisotopic (exact) mass is 273 g/mol. The minimum Gasteiger partial charge on any atom is -0.469 e. The molecule has 104 valence electrons. The molecule has 1 aromatic heterocycles. The van der Waals surface area contributed by atoms with Gasteiger partial charge in [0.05, 0.1) is 30.2 Å². The summed E-state index contributed by atoms with van der Waals surface area (Å²) in [5.74, 6) is -0.186. The van der Waals surface area contributed by atoms with Crippen LogP contribution in [-0.2, 0) is 4.74 Å². The third kappa shape index (κ3) is 2.42. The molecular formula is C15H15NO4. The van der Waals surface area contributed by atoms with Crippen LogP contribution in [0.15, 0.2) is 41.0 Å². The van der Waals surface area contributed by atoms with Crippen molar-refractivity contribution >= 4 is 17.6 Å². The van der Waals surface area contributed by atoms with Gasteiger partial charge in [-0.3, -0.25) is 4.79 Å². The van der Waals surface area contributed by atoms with Crippen LogP contribution in [0.1, 0.15) is 26.5 Å². The van der Waals surface area contributed by atoms with Crippen LogP contribution in [0.4, 0.5) is 5.69 Å². The molecule has 1 amide bonds. The molecule has 0 atom stereocenters. The van der Waals surface area contributed by atoms with Crippen molar-refractivity contribution in [3.05, 3.63) is 53.5 Å². The van der Waals surface area contributed by atoms with Crippen molar-refractivity contribution < 1.29 is 18.7 Å². The highest BCUT2D eigenvalue weighted by molar-refractivity contribution is 6.09. The van der Waals surface area contributed by atoms with Crippen molar-refractivity contribution in [2.45, 2.75) is 6.92 Å². The smallest absolute Gasteiger partial charge is 0.339 e. The number of furan rings is 1. The molecule has 0 N–H and O–H groups in total. The number of hydrogen-bond acceptors (Lipinski definition) is 4. The summed E-state index contributed by atoms with van der Waals surface area (Å²) < 4.78 is 9.86. The lowest BCUT2D eigenvalue weighted by molar-refractivity contribution is 0.0601. The normalized spacial score (nSPS) is 10.2. The molecule has 5 nitrogen and oxygen atoms in total. The number of esters is 1. The van der Waals surface area contributed by atoms with Gasteiger partial charge in [0.1, 0.15) is 5.76 Å². The number of para-hydroxylation sites is 1. The number of carbonyl (C=O) groups is 2. The highest BCUT2D eigenvalue weighted by Crippen LogP contribution is 2.23. The van der Waals surface area contributed by atoms with Gasteiger partial charge < -0.3 is 14.1 Å². The van der Waals surface area contributed by atoms with Gasteiger partial charge in [-0.15, -0.1) is 0 Å². The van der Waals surface area contributed by atoms with Crippen LogP contribution in [0.5, 0.6) is 0 Å². The first-order chi connectivity index (χ1) is 9.56. The summed E-state index contributed by atoms with van der Waals surface area (Å²) in [6, 6.07) is 8.40. The van der Waals surface area contributed by atoms with E-state index < -0.39 is 5.97 Å². The average Bonchev–Trinajstić information content (AvgIpc) is 2.91. The first-order valence-electron chi connectivity index (χ1n) is 6.05. The second-order valence-electron chi connectivity index (χ2n) is 4.26. The van der Waals surface area contributed by atoms with Gasteiger partial charge in [0.15, 0.2) is 0 Å². The van der Waals surface area contributed by atoms with Crippen molar-refractivity contribution in [2.24, 2.45) is 0 Å². The number of aryl methyl sites for hydroxylation is 1. The molecule has 2 rings (SSSR count). The molecule has 0 fully saturated rings. The summed E-state index contributed by atoms with van der Waals surface area (Å²) in [4.78, 5) is 25.5. The minimum absolute atomic E-state index is 0.243. The first kappa shape index (κ1) is 13.9. The molecule has 0 saturated heterocycles. The van der Waals surface area contributed by atoms with Gasteiger partial charge in [-0.25, -0.2) is 4.79 Å². The van der Waals surface area contributed by atoms with Gasteiger partial charge in [0.2, 0.25) is 0 Å². The maximum Gasteiger partial charge on any atom is 0.339 e. The van der Waals surface area contributed by atoms with E-state index in [0.717, 1.165) is 0 Å². The second-order valence-corrected chi connectivity index (χ2v) is 4.26. The number of benzene rings is 1. The molecule has 0 aliphatic rings. The van der Waals surface area contributed by atoms with Crippen LogP contribution in [0.2, 0.25) is 0 Å². The molecule has 0 radical (unpaired) electrons. The largest absolute Gasteiger partial charge is 0.469 e. The summed E-state index contributed by atoms with van der Waals surface area (Å²) in [6.07, 6.45) is 1.46. The Morgan fingerprint density at radius 3 is 2.45 bits per heavy atom. The van der Waals surface area contributed by atoms with Crippen LogP contribution in [0.3, 0.4) is 0 Å². The zero-order valence-corrected chi connectivity index (χ0v) is 11.5. The number of nitrogens with zero attached hydrogens (tertiary/aromatic N) is 1. The van der Waals surface area contributed by atoms with Crippen molar-refractivity contribution in [3.8, 4) is 0 Å². The van der Waals surface area contributed by atoms with Crippen molar-refractivity contribution in [2.75, 3.05) is 19.1 Å². The number of methoxy groups -OCH3 is 1. The molecule has 2 aromatic rings. The number of hydrogen-bond donors (Lipinski definition) is 0. The standard InChI is InChI=1S/C15H15NO4/c1-10-11(8-9-20-10)14(17)16(2)13-7-5-4-6-12(13)15(18)19-3/h4-9H,1-3H3. The zero-order valence-electron chi connectivity index (χ0n) is 11.5. The molecule has 0 aliphatic carbocycles. The lowest BCUT2D eigenvalue weighted by Crippen LogP contribution is -2.28. The molecule has 0 aliphatic heterocycles. The Balaban J connectivity index is 2.39. The fourth-order valence-electron chi connectivity index (χ4n) is 1.95. The SMILES string of the molecule is COC(=O)c1ccccc1N(C)C(=O)c1ccoc1C. The summed E-state index contributed by atoms with van der Waals surface area (Å²) in [6.45, 7) is 1.72. The van der Waals surface area contributed by atoms with E-state index in [1.807, 2.05) is 0 Å². The zero-order chi connectivity index (χ0) is 14.7. The van der Waals surface area contributed by atoms with Crippen LogP contribution >= 0.6 is 0 Å². The Morgan fingerprint density at radius 1 is 1.15 bits per heavy atom. The van der Waals surface area contributed by atoms with E-state index in [4.69, 9.17) is 9.15 Å². The maximum atomic E-state index is 12.4. The van der Waals surface area contributed by atoms with Gasteiger partial charge in [0.25, 0.3) is 5.91 Å². The third-order valence-electron chi connectivity index (χ3n) is 3.06. The van der Waals surface area contributed by atoms with E-state index in [0.29, 0.717) is 22.6 Å². The Morgan fingerprint density at radius 2 is 1.85 bits per heavy atom. The number of ether oxygens (including phenoxy) is 1. The summed E-state index contributed by atoms with van der Waals surface area (Å²) in [5.41, 5.74) is 1.30. The van der Waals surface area contributed by atoms with Crippen LogP contribution in [-0.4, -0.2) is 26.0 Å². The van der Waals surface area contributed by atoms with E-state index in [1.54, 1.807) is 44.3 Å². The fourth-order valence-corrected chi connectivity index (χ4v) is 1.95. The Labute approximate surface area is 116 Å². The summed E-state index contributed by atoms with van der Waals surface area (Å²) in [5, 5.41) is 0. The maximum absolute atomic E-state index is 12.4. The second kappa shape index (κ2) is 5.61. The van der Waals surface area contributed by atoms with Crippen molar-refractivity contribution in [1.29, 1.82) is 0 Å². The van der Waals surface area contributed by atoms with Gasteiger partial charge >= 0.3 is 5.97 Å². The van der Waals surface area contributed by atoms with E-state index in [9.17, 15) is 9.59 Å². The number of amides is 1. The van der Waals surface area contributed by atoms with Gasteiger partial charge in [-0.1, -0.05) is 12.1 Å². The predicted octanol–water partition coefficient (Wildman–Crippen LogP) is 2.65. The first-order valence-corrected chi connectivity index (χ1v) is 6.05. The Kier molecular flexibility index (Phi) is 3.89. The van der Waals surface area contributed by atoms with Gasteiger partial charge in [-0.2, -0.15) is 0 Å². The van der Waals surface area contributed by atoms with Crippen molar-refractivity contribution in [1.82, 2.24) is 0 Å². The fraction of sp³-hybridized carbons (Fsp3) is 0.200. The number of carbonyl (C=O) groups excluding carboxylic acids is 2. The number of anilines is 1. The molecule has 0 spiro atoms. The molecule has 20 heavy (non-hydrogen) atoms. The van der Waals surface area contributed by atoms with Gasteiger partial charge in [0, 0.05) is 7.05 Å². The van der Waals surface area contributed by atoms with Crippen LogP contribution in [0, 0.1) is 6.92 Å². The summed E-state index contributed by atoms with van der Waals surface area (Å²) >= 11 is 0. The average molecular weight is 273 g/mol. The molecule has 1 aromatic carbocycles. The van der Waals surface area contributed by atoms with E-state index in [-0.39, 0.29) is 5.91 Å². The number of rotatable bonds is 3. The predicted molar refractivity (Wildman–Crippen MR) is 74.0 cm³/mol. The Hall–Kier alpha value is -2.56. The third-order valence-corrected chi connectivity index (χ3v) is 3.06. The van der Waals surface area contributed by atoms with Gasteiger partial charge in [-0.05, 0) is 25.1 Å². The highest BCUT2D eigenvalue weighted by atomic mass is 16.5. The van der Waals surface area contributed by atoms with E-state index in [2.05, 4.69) is 0 Å². The Bertz CT molecular complexity index is 645. The van der Waals surface area contributed by atoms with Crippen molar-refractivity contribution in [3.63, 3.8) is 0 Å². The molecule has 5 heteroatoms. The van der Waals surface area contributed by atoms with E-state index in [1.165, 1.54) is 18.3 Å². The molecule has 0 saturated carbocycles. The highest BCUT2D eigenvalue weighted by Gasteiger charge is 2.21.